The number of phenols is 1. The van der Waals surface area contributed by atoms with Crippen LogP contribution in [-0.4, -0.2) is 5.11 Å². The molecule has 0 aliphatic heterocycles. The lowest BCUT2D eigenvalue weighted by molar-refractivity contribution is -0.152. The number of hydrogen-bond acceptors (Lipinski definition) is 3. The number of fused-ring (bicyclic) bond motifs is 1. The molecule has 1 N–H and O–H groups in total. The van der Waals surface area contributed by atoms with Gasteiger partial charge in [-0.25, -0.2) is 0 Å². The lowest BCUT2D eigenvalue weighted by Crippen LogP contribution is -2.16. The molecule has 0 atom stereocenters. The summed E-state index contributed by atoms with van der Waals surface area (Å²) in [6.07, 6.45) is -4.90. The van der Waals surface area contributed by atoms with Gasteiger partial charge in [-0.3, -0.25) is 4.79 Å². The molecule has 0 aliphatic carbocycles. The molecule has 0 fully saturated rings. The fraction of sp³-hybridized carbons (Fsp3) is 0.118. The van der Waals surface area contributed by atoms with Gasteiger partial charge in [0.25, 0.3) is 0 Å². The van der Waals surface area contributed by atoms with Gasteiger partial charge in [-0.15, -0.1) is 0 Å². The van der Waals surface area contributed by atoms with Gasteiger partial charge < -0.3 is 9.52 Å². The van der Waals surface area contributed by atoms with Gasteiger partial charge in [0.15, 0.2) is 0 Å². The van der Waals surface area contributed by atoms with Gasteiger partial charge in [0.05, 0.1) is 10.9 Å². The van der Waals surface area contributed by atoms with Crippen LogP contribution in [0.15, 0.2) is 45.6 Å². The van der Waals surface area contributed by atoms with E-state index in [4.69, 9.17) is 16.0 Å². The summed E-state index contributed by atoms with van der Waals surface area (Å²) >= 11 is 5.97. The molecular weight excluding hydrogens is 345 g/mol. The number of hydrogen-bond donors (Lipinski definition) is 1. The maximum Gasteiger partial charge on any atom is 0.450 e. The average Bonchev–Trinajstić information content (AvgIpc) is 2.51. The first kappa shape index (κ1) is 16.4. The normalized spacial score (nSPS) is 11.9. The third kappa shape index (κ3) is 2.53. The molecule has 0 saturated heterocycles. The van der Waals surface area contributed by atoms with Crippen LogP contribution in [0.3, 0.4) is 0 Å². The topological polar surface area (TPSA) is 50.4 Å². The standard InChI is InChI=1S/C17H10ClF3O3/c1-8-12(22)7-6-10-14(23)13(9-4-2-3-5-11(9)18)16(17(19,20)21)24-15(8)10/h2-7,22H,1H3. The van der Waals surface area contributed by atoms with E-state index in [1.165, 1.54) is 37.3 Å². The minimum atomic E-state index is -4.90. The number of phenolic OH excluding ortho intramolecular Hbond substituents is 1. The molecule has 0 spiro atoms. The van der Waals surface area contributed by atoms with Crippen molar-refractivity contribution in [3.05, 3.63) is 63.0 Å². The van der Waals surface area contributed by atoms with Crippen LogP contribution in [0.25, 0.3) is 22.1 Å². The van der Waals surface area contributed by atoms with Gasteiger partial charge in [-0.1, -0.05) is 29.8 Å². The van der Waals surface area contributed by atoms with Crippen molar-refractivity contribution in [3.63, 3.8) is 0 Å². The van der Waals surface area contributed by atoms with Crippen molar-refractivity contribution in [1.82, 2.24) is 0 Å². The number of benzene rings is 2. The molecule has 0 amide bonds. The van der Waals surface area contributed by atoms with E-state index < -0.39 is 22.9 Å². The molecule has 2 aromatic carbocycles. The monoisotopic (exact) mass is 354 g/mol. The zero-order chi connectivity index (χ0) is 17.6. The van der Waals surface area contributed by atoms with E-state index in [2.05, 4.69) is 0 Å². The third-order valence-corrected chi connectivity index (χ3v) is 4.01. The highest BCUT2D eigenvalue weighted by Crippen LogP contribution is 2.40. The van der Waals surface area contributed by atoms with Crippen LogP contribution in [0.5, 0.6) is 5.75 Å². The number of halogens is 4. The first-order valence-corrected chi connectivity index (χ1v) is 7.21. The fourth-order valence-electron chi connectivity index (χ4n) is 2.49. The Bertz CT molecular complexity index is 1010. The summed E-state index contributed by atoms with van der Waals surface area (Å²) in [6.45, 7) is 1.37. The molecule has 0 aliphatic rings. The van der Waals surface area contributed by atoms with Crippen LogP contribution in [0.4, 0.5) is 13.2 Å². The summed E-state index contributed by atoms with van der Waals surface area (Å²) in [7, 11) is 0. The van der Waals surface area contributed by atoms with Crippen molar-refractivity contribution in [2.24, 2.45) is 0 Å². The molecule has 3 aromatic rings. The number of aromatic hydroxyl groups is 1. The van der Waals surface area contributed by atoms with Crippen LogP contribution in [0.2, 0.25) is 5.02 Å². The molecule has 0 unspecified atom stereocenters. The van der Waals surface area contributed by atoms with Gasteiger partial charge in [0, 0.05) is 16.1 Å². The van der Waals surface area contributed by atoms with Gasteiger partial charge >= 0.3 is 6.18 Å². The molecule has 0 saturated carbocycles. The van der Waals surface area contributed by atoms with Gasteiger partial charge in [-0.05, 0) is 25.1 Å². The quantitative estimate of drug-likeness (QED) is 0.657. The second-order valence-electron chi connectivity index (χ2n) is 5.20. The summed E-state index contributed by atoms with van der Waals surface area (Å²) in [6, 6.07) is 8.20. The van der Waals surface area contributed by atoms with Crippen molar-refractivity contribution < 1.29 is 22.7 Å². The molecule has 3 rings (SSSR count). The summed E-state index contributed by atoms with van der Waals surface area (Å²) in [5, 5.41) is 9.61. The molecule has 3 nitrogen and oxygen atoms in total. The molecule has 7 heteroatoms. The first-order chi connectivity index (χ1) is 11.2. The molecule has 0 radical (unpaired) electrons. The Kier molecular flexibility index (Phi) is 3.80. The van der Waals surface area contributed by atoms with E-state index in [9.17, 15) is 23.1 Å². The van der Waals surface area contributed by atoms with Crippen molar-refractivity contribution >= 4 is 22.6 Å². The van der Waals surface area contributed by atoms with Crippen LogP contribution in [0.1, 0.15) is 11.3 Å². The maximum absolute atomic E-state index is 13.5. The van der Waals surface area contributed by atoms with Crippen molar-refractivity contribution in [1.29, 1.82) is 0 Å². The summed E-state index contributed by atoms with van der Waals surface area (Å²) in [4.78, 5) is 12.7. The Labute approximate surface area is 138 Å². The van der Waals surface area contributed by atoms with E-state index in [1.54, 1.807) is 6.07 Å². The highest BCUT2D eigenvalue weighted by molar-refractivity contribution is 6.33. The molecule has 24 heavy (non-hydrogen) atoms. The lowest BCUT2D eigenvalue weighted by atomic mass is 10.0. The highest BCUT2D eigenvalue weighted by Gasteiger charge is 2.40. The van der Waals surface area contributed by atoms with E-state index in [0.29, 0.717) is 0 Å². The molecular formula is C17H10ClF3O3. The Balaban J connectivity index is 2.54. The zero-order valence-corrected chi connectivity index (χ0v) is 13.0. The molecule has 1 aromatic heterocycles. The number of rotatable bonds is 1. The molecule has 0 bridgehead atoms. The van der Waals surface area contributed by atoms with Gasteiger partial charge in [-0.2, -0.15) is 13.2 Å². The fourth-order valence-corrected chi connectivity index (χ4v) is 2.72. The minimum absolute atomic E-state index is 0.00477. The Hall–Kier alpha value is -2.47. The van der Waals surface area contributed by atoms with E-state index in [1.807, 2.05) is 0 Å². The van der Waals surface area contributed by atoms with E-state index in [-0.39, 0.29) is 32.9 Å². The Morgan fingerprint density at radius 2 is 1.79 bits per heavy atom. The SMILES string of the molecule is Cc1c(O)ccc2c(=O)c(-c3ccccc3Cl)c(C(F)(F)F)oc12. The predicted molar refractivity (Wildman–Crippen MR) is 84.3 cm³/mol. The second-order valence-corrected chi connectivity index (χ2v) is 5.61. The van der Waals surface area contributed by atoms with Crippen LogP contribution in [-0.2, 0) is 6.18 Å². The van der Waals surface area contributed by atoms with Crippen LogP contribution < -0.4 is 5.43 Å². The largest absolute Gasteiger partial charge is 0.508 e. The van der Waals surface area contributed by atoms with Crippen LogP contribution in [0, 0.1) is 6.92 Å². The van der Waals surface area contributed by atoms with E-state index in [0.717, 1.165) is 0 Å². The van der Waals surface area contributed by atoms with E-state index >= 15 is 0 Å². The van der Waals surface area contributed by atoms with Crippen molar-refractivity contribution in [2.75, 3.05) is 0 Å². The third-order valence-electron chi connectivity index (χ3n) is 3.68. The lowest BCUT2D eigenvalue weighted by Gasteiger charge is -2.14. The molecule has 1 heterocycles. The summed E-state index contributed by atoms with van der Waals surface area (Å²) in [5.41, 5.74) is -1.82. The van der Waals surface area contributed by atoms with Crippen molar-refractivity contribution in [2.45, 2.75) is 13.1 Å². The Morgan fingerprint density at radius 3 is 2.42 bits per heavy atom. The highest BCUT2D eigenvalue weighted by atomic mass is 35.5. The Morgan fingerprint density at radius 1 is 1.12 bits per heavy atom. The van der Waals surface area contributed by atoms with Crippen molar-refractivity contribution in [3.8, 4) is 16.9 Å². The zero-order valence-electron chi connectivity index (χ0n) is 12.2. The second kappa shape index (κ2) is 5.56. The molecule has 124 valence electrons. The maximum atomic E-state index is 13.5. The smallest absolute Gasteiger partial charge is 0.450 e. The average molecular weight is 355 g/mol. The number of aryl methyl sites for hydroxylation is 1. The van der Waals surface area contributed by atoms with Gasteiger partial charge in [0.2, 0.25) is 11.2 Å². The minimum Gasteiger partial charge on any atom is -0.508 e. The first-order valence-electron chi connectivity index (χ1n) is 6.83. The van der Waals surface area contributed by atoms with Crippen LogP contribution >= 0.6 is 11.6 Å². The summed E-state index contributed by atoms with van der Waals surface area (Å²) < 4.78 is 45.4. The van der Waals surface area contributed by atoms with Gasteiger partial charge in [0.1, 0.15) is 11.3 Å². The summed E-state index contributed by atoms with van der Waals surface area (Å²) in [5.74, 6) is -1.70. The number of alkyl halides is 3. The predicted octanol–water partition coefficient (Wildman–Crippen LogP) is 5.15.